The van der Waals surface area contributed by atoms with E-state index >= 15 is 0 Å². The van der Waals surface area contributed by atoms with Crippen molar-refractivity contribution in [2.24, 2.45) is 7.05 Å². The average Bonchev–Trinajstić information content (AvgIpc) is 3.02. The lowest BCUT2D eigenvalue weighted by Crippen LogP contribution is -2.00. The summed E-state index contributed by atoms with van der Waals surface area (Å²) in [5, 5.41) is 8.99. The number of rotatable bonds is 3. The fraction of sp³-hybridized carbons (Fsp3) is 0.286. The van der Waals surface area contributed by atoms with Crippen LogP contribution in [-0.2, 0) is 19.9 Å². The van der Waals surface area contributed by atoms with E-state index in [-0.39, 0.29) is 0 Å². The molecule has 1 aromatic carbocycles. The zero-order chi connectivity index (χ0) is 13.2. The lowest BCUT2D eigenvalue weighted by atomic mass is 10.1. The van der Waals surface area contributed by atoms with Gasteiger partial charge in [-0.25, -0.2) is 4.98 Å². The molecule has 0 saturated carbocycles. The standard InChI is InChI=1S/C14H13N3O2/c1-17-8-16-11(7-15)12(17)4-2-10-3-5-13-14(6-10)19-9-18-13/h3,5-6,8H,2,4,9H2,1H3. The van der Waals surface area contributed by atoms with E-state index in [2.05, 4.69) is 11.1 Å². The summed E-state index contributed by atoms with van der Waals surface area (Å²) in [4.78, 5) is 4.06. The first-order valence-corrected chi connectivity index (χ1v) is 6.07. The van der Waals surface area contributed by atoms with Gasteiger partial charge in [0.2, 0.25) is 6.79 Å². The molecule has 1 aliphatic rings. The first-order valence-electron chi connectivity index (χ1n) is 6.07. The van der Waals surface area contributed by atoms with E-state index in [0.29, 0.717) is 12.5 Å². The highest BCUT2D eigenvalue weighted by atomic mass is 16.7. The predicted molar refractivity (Wildman–Crippen MR) is 67.9 cm³/mol. The molecule has 1 aromatic heterocycles. The molecular formula is C14H13N3O2. The van der Waals surface area contributed by atoms with Crippen LogP contribution in [0.3, 0.4) is 0 Å². The van der Waals surface area contributed by atoms with Crippen LogP contribution in [0.15, 0.2) is 24.5 Å². The first kappa shape index (κ1) is 11.6. The Morgan fingerprint density at radius 1 is 1.32 bits per heavy atom. The van der Waals surface area contributed by atoms with Gasteiger partial charge in [0.1, 0.15) is 6.07 Å². The number of aromatic nitrogens is 2. The van der Waals surface area contributed by atoms with Crippen molar-refractivity contribution in [2.45, 2.75) is 12.8 Å². The first-order chi connectivity index (χ1) is 9.28. The molecule has 1 aliphatic heterocycles. The monoisotopic (exact) mass is 255 g/mol. The van der Waals surface area contributed by atoms with Crippen molar-refractivity contribution in [1.82, 2.24) is 9.55 Å². The van der Waals surface area contributed by atoms with Crippen LogP contribution in [0, 0.1) is 11.3 Å². The molecule has 5 nitrogen and oxygen atoms in total. The van der Waals surface area contributed by atoms with Crippen molar-refractivity contribution in [3.8, 4) is 17.6 Å². The van der Waals surface area contributed by atoms with Crippen molar-refractivity contribution in [2.75, 3.05) is 6.79 Å². The molecule has 0 spiro atoms. The highest BCUT2D eigenvalue weighted by Gasteiger charge is 2.14. The smallest absolute Gasteiger partial charge is 0.231 e. The Kier molecular flexibility index (Phi) is 2.84. The van der Waals surface area contributed by atoms with Crippen LogP contribution >= 0.6 is 0 Å². The van der Waals surface area contributed by atoms with Crippen LogP contribution in [0.25, 0.3) is 0 Å². The second-order valence-electron chi connectivity index (χ2n) is 4.45. The van der Waals surface area contributed by atoms with Crippen molar-refractivity contribution < 1.29 is 9.47 Å². The summed E-state index contributed by atoms with van der Waals surface area (Å²) < 4.78 is 12.5. The minimum atomic E-state index is 0.291. The highest BCUT2D eigenvalue weighted by Crippen LogP contribution is 2.32. The zero-order valence-corrected chi connectivity index (χ0v) is 10.6. The normalized spacial score (nSPS) is 12.4. The van der Waals surface area contributed by atoms with Crippen LogP contribution in [0.4, 0.5) is 0 Å². The predicted octanol–water partition coefficient (Wildman–Crippen LogP) is 1.81. The van der Waals surface area contributed by atoms with Crippen LogP contribution in [-0.4, -0.2) is 16.3 Å². The number of aryl methyl sites for hydroxylation is 2. The quantitative estimate of drug-likeness (QED) is 0.839. The maximum atomic E-state index is 8.99. The van der Waals surface area contributed by atoms with Gasteiger partial charge in [-0.3, -0.25) is 0 Å². The van der Waals surface area contributed by atoms with Gasteiger partial charge in [-0.1, -0.05) is 6.07 Å². The Hall–Kier alpha value is -2.48. The van der Waals surface area contributed by atoms with Gasteiger partial charge in [-0.2, -0.15) is 5.26 Å². The van der Waals surface area contributed by atoms with Gasteiger partial charge in [0.15, 0.2) is 17.2 Å². The lowest BCUT2D eigenvalue weighted by Gasteiger charge is -2.04. The van der Waals surface area contributed by atoms with E-state index in [9.17, 15) is 0 Å². The molecule has 0 bridgehead atoms. The average molecular weight is 255 g/mol. The molecule has 0 unspecified atom stereocenters. The van der Waals surface area contributed by atoms with Gasteiger partial charge in [0.25, 0.3) is 0 Å². The van der Waals surface area contributed by atoms with Crippen molar-refractivity contribution in [3.05, 3.63) is 41.5 Å². The minimum Gasteiger partial charge on any atom is -0.454 e. The summed E-state index contributed by atoms with van der Waals surface area (Å²) in [6.45, 7) is 0.291. The van der Waals surface area contributed by atoms with E-state index in [1.807, 2.05) is 29.8 Å². The van der Waals surface area contributed by atoms with Crippen LogP contribution in [0.2, 0.25) is 0 Å². The van der Waals surface area contributed by atoms with E-state index in [1.165, 1.54) is 0 Å². The van der Waals surface area contributed by atoms with E-state index < -0.39 is 0 Å². The minimum absolute atomic E-state index is 0.291. The van der Waals surface area contributed by atoms with Crippen molar-refractivity contribution >= 4 is 0 Å². The summed E-state index contributed by atoms with van der Waals surface area (Å²) in [7, 11) is 1.91. The Balaban J connectivity index is 1.76. The van der Waals surface area contributed by atoms with Crippen LogP contribution < -0.4 is 9.47 Å². The van der Waals surface area contributed by atoms with E-state index in [4.69, 9.17) is 14.7 Å². The van der Waals surface area contributed by atoms with Gasteiger partial charge < -0.3 is 14.0 Å². The Morgan fingerprint density at radius 3 is 3.00 bits per heavy atom. The maximum Gasteiger partial charge on any atom is 0.231 e. The molecule has 0 radical (unpaired) electrons. The number of imidazole rings is 1. The maximum absolute atomic E-state index is 8.99. The topological polar surface area (TPSA) is 60.1 Å². The summed E-state index contributed by atoms with van der Waals surface area (Å²) in [5.74, 6) is 1.59. The highest BCUT2D eigenvalue weighted by molar-refractivity contribution is 5.44. The molecule has 5 heteroatoms. The van der Waals surface area contributed by atoms with Gasteiger partial charge in [0.05, 0.1) is 12.0 Å². The number of benzene rings is 1. The molecule has 3 rings (SSSR count). The number of fused-ring (bicyclic) bond motifs is 1. The van der Waals surface area contributed by atoms with E-state index in [1.54, 1.807) is 6.33 Å². The summed E-state index contributed by atoms with van der Waals surface area (Å²) in [5.41, 5.74) is 2.62. The zero-order valence-electron chi connectivity index (χ0n) is 10.6. The fourth-order valence-corrected chi connectivity index (χ4v) is 2.20. The number of ether oxygens (including phenoxy) is 2. The molecule has 0 saturated heterocycles. The molecular weight excluding hydrogens is 242 g/mol. The fourth-order valence-electron chi connectivity index (χ4n) is 2.20. The third-order valence-corrected chi connectivity index (χ3v) is 3.25. The third kappa shape index (κ3) is 2.13. The Labute approximate surface area is 111 Å². The Bertz CT molecular complexity index is 655. The lowest BCUT2D eigenvalue weighted by molar-refractivity contribution is 0.174. The second kappa shape index (κ2) is 4.65. The number of nitriles is 1. The molecule has 2 aromatic rings. The summed E-state index contributed by atoms with van der Waals surface area (Å²) >= 11 is 0. The summed E-state index contributed by atoms with van der Waals surface area (Å²) in [6.07, 6.45) is 3.29. The van der Waals surface area contributed by atoms with Crippen LogP contribution in [0.1, 0.15) is 17.0 Å². The Morgan fingerprint density at radius 2 is 2.16 bits per heavy atom. The molecule has 0 atom stereocenters. The van der Waals surface area contributed by atoms with Gasteiger partial charge in [-0.05, 0) is 30.5 Å². The molecule has 0 aliphatic carbocycles. The number of hydrogen-bond donors (Lipinski definition) is 0. The van der Waals surface area contributed by atoms with Crippen molar-refractivity contribution in [1.29, 1.82) is 5.26 Å². The number of hydrogen-bond acceptors (Lipinski definition) is 4. The molecule has 19 heavy (non-hydrogen) atoms. The van der Waals surface area contributed by atoms with Crippen LogP contribution in [0.5, 0.6) is 11.5 Å². The molecule has 2 heterocycles. The molecule has 0 amide bonds. The molecule has 96 valence electrons. The molecule has 0 N–H and O–H groups in total. The summed E-state index contributed by atoms with van der Waals surface area (Å²) in [6, 6.07) is 8.05. The largest absolute Gasteiger partial charge is 0.454 e. The van der Waals surface area contributed by atoms with Gasteiger partial charge in [0, 0.05) is 7.05 Å². The second-order valence-corrected chi connectivity index (χ2v) is 4.45. The number of nitrogens with zero attached hydrogens (tertiary/aromatic N) is 3. The van der Waals surface area contributed by atoms with Crippen molar-refractivity contribution in [3.63, 3.8) is 0 Å². The van der Waals surface area contributed by atoms with Gasteiger partial charge in [-0.15, -0.1) is 0 Å². The molecule has 0 fully saturated rings. The SMILES string of the molecule is Cn1cnc(C#N)c1CCc1ccc2c(c1)OCO2. The van der Waals surface area contributed by atoms with E-state index in [0.717, 1.165) is 35.6 Å². The third-order valence-electron chi connectivity index (χ3n) is 3.25. The van der Waals surface area contributed by atoms with Gasteiger partial charge >= 0.3 is 0 Å².